The van der Waals surface area contributed by atoms with Crippen LogP contribution in [0, 0.1) is 0 Å². The van der Waals surface area contributed by atoms with Gasteiger partial charge in [-0.1, -0.05) is 28.1 Å². The van der Waals surface area contributed by atoms with E-state index in [4.69, 9.17) is 4.74 Å². The van der Waals surface area contributed by atoms with Gasteiger partial charge in [-0.3, -0.25) is 4.98 Å². The zero-order chi connectivity index (χ0) is 17.5. The van der Waals surface area contributed by atoms with Gasteiger partial charge in [0.1, 0.15) is 12.4 Å². The van der Waals surface area contributed by atoms with Gasteiger partial charge in [0.05, 0.1) is 12.2 Å². The lowest BCUT2D eigenvalue weighted by Crippen LogP contribution is -2.58. The summed E-state index contributed by atoms with van der Waals surface area (Å²) in [6.07, 6.45) is 3.38. The van der Waals surface area contributed by atoms with Crippen LogP contribution in [0.2, 0.25) is 0 Å². The zero-order valence-electron chi connectivity index (χ0n) is 13.8. The molecule has 2 heterocycles. The first kappa shape index (κ1) is 17.7. The second-order valence-corrected chi connectivity index (χ2v) is 6.75. The summed E-state index contributed by atoms with van der Waals surface area (Å²) in [5.74, 6) is 0.711. The summed E-state index contributed by atoms with van der Waals surface area (Å²) in [6.45, 7) is 3.10. The summed E-state index contributed by atoms with van der Waals surface area (Å²) in [5.41, 5.74) is 1.06. The standard InChI is InChI=1S/C18H21BrN4O2/c19-15-5-3-14(4-6-15)10-22-18(24)23-9-8-21-11-16(23)13-25-17-2-1-7-20-12-17/h1-7,12,16,21H,8-11,13H2,(H,22,24). The van der Waals surface area contributed by atoms with Crippen LogP contribution in [0.5, 0.6) is 5.75 Å². The molecule has 1 saturated heterocycles. The molecule has 0 bridgehead atoms. The Morgan fingerprint density at radius 2 is 2.20 bits per heavy atom. The van der Waals surface area contributed by atoms with Crippen molar-refractivity contribution in [2.75, 3.05) is 26.2 Å². The molecule has 1 aromatic heterocycles. The minimum atomic E-state index is -0.0656. The Morgan fingerprint density at radius 3 is 2.96 bits per heavy atom. The predicted octanol–water partition coefficient (Wildman–Crippen LogP) is 2.41. The van der Waals surface area contributed by atoms with Crippen molar-refractivity contribution in [3.63, 3.8) is 0 Å². The number of piperazine rings is 1. The van der Waals surface area contributed by atoms with Gasteiger partial charge in [0, 0.05) is 36.8 Å². The topological polar surface area (TPSA) is 66.5 Å². The lowest BCUT2D eigenvalue weighted by Gasteiger charge is -2.35. The number of aromatic nitrogens is 1. The van der Waals surface area contributed by atoms with Crippen molar-refractivity contribution >= 4 is 22.0 Å². The number of amides is 2. The normalized spacial score (nSPS) is 17.2. The second kappa shape index (κ2) is 8.82. The summed E-state index contributed by atoms with van der Waals surface area (Å²) in [5, 5.41) is 6.31. The van der Waals surface area contributed by atoms with Crippen molar-refractivity contribution in [1.29, 1.82) is 0 Å². The highest BCUT2D eigenvalue weighted by molar-refractivity contribution is 9.10. The molecular formula is C18H21BrN4O2. The molecule has 0 saturated carbocycles. The quantitative estimate of drug-likeness (QED) is 0.802. The number of hydrogen-bond donors (Lipinski definition) is 2. The average Bonchev–Trinajstić information content (AvgIpc) is 2.67. The van der Waals surface area contributed by atoms with Crippen molar-refractivity contribution in [2.45, 2.75) is 12.6 Å². The van der Waals surface area contributed by atoms with Crippen LogP contribution in [0.1, 0.15) is 5.56 Å². The number of hydrogen-bond acceptors (Lipinski definition) is 4. The van der Waals surface area contributed by atoms with E-state index < -0.39 is 0 Å². The van der Waals surface area contributed by atoms with Crippen molar-refractivity contribution < 1.29 is 9.53 Å². The minimum absolute atomic E-state index is 0.0149. The van der Waals surface area contributed by atoms with Crippen LogP contribution in [-0.2, 0) is 6.54 Å². The Bertz CT molecular complexity index is 681. The number of pyridine rings is 1. The van der Waals surface area contributed by atoms with E-state index in [0.29, 0.717) is 32.0 Å². The van der Waals surface area contributed by atoms with Gasteiger partial charge in [-0.05, 0) is 29.8 Å². The molecule has 6 nitrogen and oxygen atoms in total. The molecule has 1 aliphatic rings. The molecule has 1 fully saturated rings. The van der Waals surface area contributed by atoms with E-state index in [2.05, 4.69) is 31.5 Å². The van der Waals surface area contributed by atoms with Gasteiger partial charge in [0.15, 0.2) is 0 Å². The number of nitrogens with zero attached hydrogens (tertiary/aromatic N) is 2. The summed E-state index contributed by atoms with van der Waals surface area (Å²) < 4.78 is 6.80. The molecule has 25 heavy (non-hydrogen) atoms. The first-order chi connectivity index (χ1) is 12.2. The van der Waals surface area contributed by atoms with Gasteiger partial charge in [-0.25, -0.2) is 4.79 Å². The number of rotatable bonds is 5. The monoisotopic (exact) mass is 404 g/mol. The highest BCUT2D eigenvalue weighted by Crippen LogP contribution is 2.12. The van der Waals surface area contributed by atoms with Gasteiger partial charge in [0.25, 0.3) is 0 Å². The maximum Gasteiger partial charge on any atom is 0.318 e. The molecule has 2 N–H and O–H groups in total. The highest BCUT2D eigenvalue weighted by atomic mass is 79.9. The number of halogens is 1. The van der Waals surface area contributed by atoms with Crippen LogP contribution >= 0.6 is 15.9 Å². The number of ether oxygens (including phenoxy) is 1. The van der Waals surface area contributed by atoms with Crippen molar-refractivity contribution in [3.8, 4) is 5.75 Å². The molecule has 0 radical (unpaired) electrons. The molecule has 3 rings (SSSR count). The first-order valence-corrected chi connectivity index (χ1v) is 9.04. The number of carbonyl (C=O) groups excluding carboxylic acids is 1. The fourth-order valence-electron chi connectivity index (χ4n) is 2.68. The van der Waals surface area contributed by atoms with Gasteiger partial charge >= 0.3 is 6.03 Å². The third kappa shape index (κ3) is 5.17. The van der Waals surface area contributed by atoms with Crippen LogP contribution in [-0.4, -0.2) is 48.2 Å². The largest absolute Gasteiger partial charge is 0.490 e. The number of carbonyl (C=O) groups is 1. The van der Waals surface area contributed by atoms with E-state index >= 15 is 0 Å². The summed E-state index contributed by atoms with van der Waals surface area (Å²) in [6, 6.07) is 11.5. The number of urea groups is 1. The average molecular weight is 405 g/mol. The Morgan fingerprint density at radius 1 is 1.36 bits per heavy atom. The smallest absolute Gasteiger partial charge is 0.318 e. The third-order valence-corrected chi connectivity index (χ3v) is 4.57. The van der Waals surface area contributed by atoms with Crippen molar-refractivity contribution in [1.82, 2.24) is 20.5 Å². The number of nitrogens with one attached hydrogen (secondary N) is 2. The molecule has 1 atom stereocenters. The number of benzene rings is 1. The summed E-state index contributed by atoms with van der Waals surface area (Å²) >= 11 is 3.41. The maximum atomic E-state index is 12.6. The minimum Gasteiger partial charge on any atom is -0.490 e. The van der Waals surface area contributed by atoms with Crippen LogP contribution in [0.4, 0.5) is 4.79 Å². The third-order valence-electron chi connectivity index (χ3n) is 4.04. The van der Waals surface area contributed by atoms with E-state index in [9.17, 15) is 4.79 Å². The Hall–Kier alpha value is -2.12. The Balaban J connectivity index is 1.54. The van der Waals surface area contributed by atoms with E-state index in [1.54, 1.807) is 12.4 Å². The second-order valence-electron chi connectivity index (χ2n) is 5.84. The molecule has 1 unspecified atom stereocenters. The lowest BCUT2D eigenvalue weighted by molar-refractivity contribution is 0.124. The van der Waals surface area contributed by atoms with Crippen LogP contribution < -0.4 is 15.4 Å². The van der Waals surface area contributed by atoms with Crippen LogP contribution in [0.15, 0.2) is 53.3 Å². The van der Waals surface area contributed by atoms with Crippen LogP contribution in [0.3, 0.4) is 0 Å². The zero-order valence-corrected chi connectivity index (χ0v) is 15.4. The van der Waals surface area contributed by atoms with E-state index in [-0.39, 0.29) is 12.1 Å². The molecule has 0 spiro atoms. The van der Waals surface area contributed by atoms with Crippen LogP contribution in [0.25, 0.3) is 0 Å². The molecule has 7 heteroatoms. The molecule has 1 aliphatic heterocycles. The van der Waals surface area contributed by atoms with E-state index in [1.807, 2.05) is 41.3 Å². The van der Waals surface area contributed by atoms with Gasteiger partial charge in [-0.2, -0.15) is 0 Å². The maximum absolute atomic E-state index is 12.6. The highest BCUT2D eigenvalue weighted by Gasteiger charge is 2.27. The van der Waals surface area contributed by atoms with Gasteiger partial charge in [0.2, 0.25) is 0 Å². The fourth-order valence-corrected chi connectivity index (χ4v) is 2.95. The van der Waals surface area contributed by atoms with Gasteiger partial charge in [-0.15, -0.1) is 0 Å². The first-order valence-electron chi connectivity index (χ1n) is 8.25. The summed E-state index contributed by atoms with van der Waals surface area (Å²) in [7, 11) is 0. The molecule has 1 aromatic carbocycles. The summed E-state index contributed by atoms with van der Waals surface area (Å²) in [4.78, 5) is 18.4. The SMILES string of the molecule is O=C(NCc1ccc(Br)cc1)N1CCNCC1COc1cccnc1. The fraction of sp³-hybridized carbons (Fsp3) is 0.333. The van der Waals surface area contributed by atoms with Crippen molar-refractivity contribution in [3.05, 3.63) is 58.8 Å². The van der Waals surface area contributed by atoms with Crippen molar-refractivity contribution in [2.24, 2.45) is 0 Å². The van der Waals surface area contributed by atoms with E-state index in [0.717, 1.165) is 16.6 Å². The molecule has 2 aromatic rings. The molecule has 2 amide bonds. The predicted molar refractivity (Wildman–Crippen MR) is 99.5 cm³/mol. The Labute approximate surface area is 155 Å². The molecule has 132 valence electrons. The lowest BCUT2D eigenvalue weighted by atomic mass is 10.2. The Kier molecular flexibility index (Phi) is 6.25. The van der Waals surface area contributed by atoms with E-state index in [1.165, 1.54) is 0 Å². The molecule has 0 aliphatic carbocycles. The van der Waals surface area contributed by atoms with Gasteiger partial charge < -0.3 is 20.3 Å². The molecular weight excluding hydrogens is 384 g/mol.